The van der Waals surface area contributed by atoms with Gasteiger partial charge in [-0.15, -0.1) is 6.58 Å². The maximum absolute atomic E-state index is 11.1. The second-order valence-corrected chi connectivity index (χ2v) is 4.40. The quantitative estimate of drug-likeness (QED) is 0.505. The number of esters is 1. The predicted molar refractivity (Wildman–Crippen MR) is 68.7 cm³/mol. The summed E-state index contributed by atoms with van der Waals surface area (Å²) in [7, 11) is 0. The molecule has 0 aromatic carbocycles. The van der Waals surface area contributed by atoms with E-state index in [1.165, 1.54) is 19.4 Å². The van der Waals surface area contributed by atoms with E-state index in [2.05, 4.69) is 6.58 Å². The summed E-state index contributed by atoms with van der Waals surface area (Å²) in [4.78, 5) is 22.0. The maximum atomic E-state index is 11.1. The van der Waals surface area contributed by atoms with Crippen molar-refractivity contribution in [3.63, 3.8) is 0 Å². The van der Waals surface area contributed by atoms with Crippen molar-refractivity contribution in [2.24, 2.45) is 0 Å². The number of allylic oxidation sites excluding steroid dienone is 2. The maximum Gasteiger partial charge on any atom is 0.302 e. The first-order valence-electron chi connectivity index (χ1n) is 5.79. The van der Waals surface area contributed by atoms with Crippen LogP contribution in [0.5, 0.6) is 0 Å². The van der Waals surface area contributed by atoms with Crippen molar-refractivity contribution in [2.75, 3.05) is 0 Å². The fourth-order valence-corrected chi connectivity index (χ4v) is 1.62. The summed E-state index contributed by atoms with van der Waals surface area (Å²) in [6, 6.07) is 0. The lowest BCUT2D eigenvalue weighted by Crippen LogP contribution is -2.20. The molecule has 0 N–H and O–H groups in total. The lowest BCUT2D eigenvalue weighted by Gasteiger charge is -2.17. The zero-order valence-corrected chi connectivity index (χ0v) is 11.2. The molecule has 0 unspecified atom stereocenters. The second kappa shape index (κ2) is 7.82. The third-order valence-electron chi connectivity index (χ3n) is 2.56. The molecule has 0 spiro atoms. The average molecular weight is 238 g/mol. The first kappa shape index (κ1) is 15.6. The van der Waals surface area contributed by atoms with Crippen molar-refractivity contribution in [1.82, 2.24) is 0 Å². The highest BCUT2D eigenvalue weighted by Crippen LogP contribution is 2.18. The van der Waals surface area contributed by atoms with Crippen LogP contribution in [-0.4, -0.2) is 17.9 Å². The number of hydrogen-bond acceptors (Lipinski definition) is 3. The van der Waals surface area contributed by atoms with Crippen molar-refractivity contribution in [1.29, 1.82) is 0 Å². The van der Waals surface area contributed by atoms with Crippen molar-refractivity contribution >= 4 is 11.8 Å². The Hall–Kier alpha value is -1.38. The molecular formula is C14H22O3. The molecule has 17 heavy (non-hydrogen) atoms. The summed E-state index contributed by atoms with van der Waals surface area (Å²) in [5.41, 5.74) is 2.36. The lowest BCUT2D eigenvalue weighted by atomic mass is 9.99. The molecule has 0 aliphatic heterocycles. The topological polar surface area (TPSA) is 43.4 Å². The molecule has 96 valence electrons. The Bertz CT molecular complexity index is 310. The summed E-state index contributed by atoms with van der Waals surface area (Å²) in [6.45, 7) is 10.6. The molecule has 0 aliphatic carbocycles. The van der Waals surface area contributed by atoms with E-state index in [9.17, 15) is 9.59 Å². The third-order valence-corrected chi connectivity index (χ3v) is 2.56. The third kappa shape index (κ3) is 7.50. The number of ether oxygens (including phenoxy) is 1. The minimum absolute atomic E-state index is 0.0328. The van der Waals surface area contributed by atoms with Gasteiger partial charge >= 0.3 is 5.97 Å². The molecule has 0 aliphatic rings. The van der Waals surface area contributed by atoms with Crippen LogP contribution >= 0.6 is 0 Å². The van der Waals surface area contributed by atoms with Crippen LogP contribution in [0.2, 0.25) is 0 Å². The van der Waals surface area contributed by atoms with Gasteiger partial charge < -0.3 is 4.74 Å². The van der Waals surface area contributed by atoms with Gasteiger partial charge in [0, 0.05) is 19.8 Å². The molecule has 0 rings (SSSR count). The molecule has 0 saturated carbocycles. The number of carbonyl (C=O) groups excluding carboxylic acids is 2. The van der Waals surface area contributed by atoms with Gasteiger partial charge in [-0.3, -0.25) is 9.59 Å². The van der Waals surface area contributed by atoms with E-state index >= 15 is 0 Å². The lowest BCUT2D eigenvalue weighted by molar-refractivity contribution is -0.147. The average Bonchev–Trinajstić information content (AvgIpc) is 2.15. The Balaban J connectivity index is 4.61. The summed E-state index contributed by atoms with van der Waals surface area (Å²) in [6.07, 6.45) is 3.20. The summed E-state index contributed by atoms with van der Waals surface area (Å²) in [5, 5.41) is 0. The normalized spacial score (nSPS) is 13.6. The van der Waals surface area contributed by atoms with Crippen LogP contribution in [-0.2, 0) is 14.3 Å². The van der Waals surface area contributed by atoms with E-state index in [1.807, 2.05) is 19.9 Å². The fraction of sp³-hybridized carbons (Fsp3) is 0.571. The Morgan fingerprint density at radius 2 is 1.71 bits per heavy atom. The number of ketones is 1. The van der Waals surface area contributed by atoms with Crippen LogP contribution in [0.25, 0.3) is 0 Å². The molecule has 0 aromatic heterocycles. The number of rotatable bonds is 7. The highest BCUT2D eigenvalue weighted by atomic mass is 16.5. The van der Waals surface area contributed by atoms with Gasteiger partial charge in [-0.2, -0.15) is 0 Å². The molecule has 1 atom stereocenters. The van der Waals surface area contributed by atoms with Gasteiger partial charge in [0.25, 0.3) is 0 Å². The van der Waals surface area contributed by atoms with Gasteiger partial charge in [-0.05, 0) is 27.2 Å². The van der Waals surface area contributed by atoms with Crippen molar-refractivity contribution in [3.05, 3.63) is 23.8 Å². The van der Waals surface area contributed by atoms with E-state index in [-0.39, 0.29) is 24.3 Å². The molecule has 0 saturated heterocycles. The monoisotopic (exact) mass is 238 g/mol. The Morgan fingerprint density at radius 3 is 2.12 bits per heavy atom. The highest BCUT2D eigenvalue weighted by Gasteiger charge is 2.15. The molecule has 0 bridgehead atoms. The minimum Gasteiger partial charge on any atom is -0.462 e. The molecular weight excluding hydrogens is 216 g/mol. The molecule has 0 aromatic rings. The minimum atomic E-state index is -0.343. The number of Topliss-reactive ketones (excluding diaryl/α,β-unsaturated/α-hetero) is 1. The molecule has 0 amide bonds. The van der Waals surface area contributed by atoms with E-state index in [0.717, 1.165) is 12.0 Å². The van der Waals surface area contributed by atoms with Crippen molar-refractivity contribution in [3.8, 4) is 0 Å². The van der Waals surface area contributed by atoms with Crippen LogP contribution in [0.15, 0.2) is 23.8 Å². The van der Waals surface area contributed by atoms with E-state index in [1.54, 1.807) is 0 Å². The van der Waals surface area contributed by atoms with Crippen LogP contribution in [0.1, 0.15) is 47.0 Å². The number of hydrogen-bond donors (Lipinski definition) is 0. The van der Waals surface area contributed by atoms with Gasteiger partial charge in [0.1, 0.15) is 11.9 Å². The van der Waals surface area contributed by atoms with Crippen LogP contribution < -0.4 is 0 Å². The predicted octanol–water partition coefficient (Wildman–Crippen LogP) is 3.20. The fourth-order valence-electron chi connectivity index (χ4n) is 1.62. The van der Waals surface area contributed by atoms with Crippen LogP contribution in [0.3, 0.4) is 0 Å². The number of carbonyl (C=O) groups is 2. The van der Waals surface area contributed by atoms with Crippen molar-refractivity contribution in [2.45, 2.75) is 53.1 Å². The smallest absolute Gasteiger partial charge is 0.302 e. The van der Waals surface area contributed by atoms with Crippen molar-refractivity contribution < 1.29 is 14.3 Å². The SMILES string of the molecule is C=CC/C(C)=C(\C)C[C@@H](CC(C)=O)OC(C)=O. The largest absolute Gasteiger partial charge is 0.462 e. The van der Waals surface area contributed by atoms with E-state index in [0.29, 0.717) is 6.42 Å². The van der Waals surface area contributed by atoms with Crippen LogP contribution in [0, 0.1) is 0 Å². The van der Waals surface area contributed by atoms with Gasteiger partial charge in [-0.25, -0.2) is 0 Å². The van der Waals surface area contributed by atoms with Gasteiger partial charge in [0.15, 0.2) is 0 Å². The van der Waals surface area contributed by atoms with Crippen LogP contribution in [0.4, 0.5) is 0 Å². The molecule has 0 radical (unpaired) electrons. The highest BCUT2D eigenvalue weighted by molar-refractivity contribution is 5.76. The molecule has 0 heterocycles. The Kier molecular flexibility index (Phi) is 7.19. The first-order valence-corrected chi connectivity index (χ1v) is 5.79. The first-order chi connectivity index (χ1) is 7.86. The van der Waals surface area contributed by atoms with E-state index in [4.69, 9.17) is 4.74 Å². The van der Waals surface area contributed by atoms with Gasteiger partial charge in [0.05, 0.1) is 0 Å². The zero-order chi connectivity index (χ0) is 13.4. The van der Waals surface area contributed by atoms with E-state index < -0.39 is 0 Å². The summed E-state index contributed by atoms with van der Waals surface area (Å²) < 4.78 is 5.14. The van der Waals surface area contributed by atoms with Gasteiger partial charge in [0.2, 0.25) is 0 Å². The zero-order valence-electron chi connectivity index (χ0n) is 11.2. The Morgan fingerprint density at radius 1 is 1.12 bits per heavy atom. The van der Waals surface area contributed by atoms with Gasteiger partial charge in [-0.1, -0.05) is 17.2 Å². The molecule has 3 heteroatoms. The molecule has 3 nitrogen and oxygen atoms in total. The summed E-state index contributed by atoms with van der Waals surface area (Å²) >= 11 is 0. The second-order valence-electron chi connectivity index (χ2n) is 4.40. The Labute approximate surface area is 104 Å². The standard InChI is InChI=1S/C14H22O3/c1-6-7-10(2)11(3)8-14(9-12(4)15)17-13(5)16/h6,14H,1,7-9H2,2-5H3/b11-10+/t14-/m0/s1. The summed E-state index contributed by atoms with van der Waals surface area (Å²) in [5.74, 6) is -0.309. The molecule has 0 fully saturated rings.